The number of carboxylic acids is 2. The molecule has 0 fully saturated rings. The number of aromatic nitrogens is 2. The van der Waals surface area contributed by atoms with Gasteiger partial charge in [0.2, 0.25) is 0 Å². The van der Waals surface area contributed by atoms with Gasteiger partial charge in [-0.1, -0.05) is 60.7 Å². The van der Waals surface area contributed by atoms with Crippen LogP contribution < -0.4 is 4.74 Å². The van der Waals surface area contributed by atoms with Crippen molar-refractivity contribution in [2.45, 2.75) is 6.42 Å². The van der Waals surface area contributed by atoms with Gasteiger partial charge in [-0.2, -0.15) is 5.10 Å². The predicted octanol–water partition coefficient (Wildman–Crippen LogP) is 6.32. The summed E-state index contributed by atoms with van der Waals surface area (Å²) < 4.78 is 7.57. The molecule has 0 radical (unpaired) electrons. The fourth-order valence-electron chi connectivity index (χ4n) is 4.15. The Morgan fingerprint density at radius 2 is 1.35 bits per heavy atom. The van der Waals surface area contributed by atoms with E-state index in [4.69, 9.17) is 4.74 Å². The first kappa shape index (κ1) is 23.6. The number of hydrogen-bond donors (Lipinski definition) is 2. The van der Waals surface area contributed by atoms with Gasteiger partial charge in [-0.15, -0.1) is 0 Å². The molecule has 1 heterocycles. The number of benzene rings is 4. The minimum atomic E-state index is -1.31. The fourth-order valence-corrected chi connectivity index (χ4v) is 4.15. The molecule has 7 heteroatoms. The molecule has 0 unspecified atom stereocenters. The Morgan fingerprint density at radius 1 is 0.730 bits per heavy atom. The molecule has 0 saturated carbocycles. The van der Waals surface area contributed by atoms with Gasteiger partial charge in [-0.25, -0.2) is 14.3 Å². The van der Waals surface area contributed by atoms with Crippen molar-refractivity contribution in [2.75, 3.05) is 0 Å². The van der Waals surface area contributed by atoms with Crippen LogP contribution in [0.25, 0.3) is 16.8 Å². The van der Waals surface area contributed by atoms with Gasteiger partial charge in [-0.05, 0) is 53.6 Å². The van der Waals surface area contributed by atoms with Gasteiger partial charge in [0.1, 0.15) is 11.5 Å². The Balaban J connectivity index is 1.56. The second-order valence-electron chi connectivity index (χ2n) is 8.36. The second-order valence-corrected chi connectivity index (χ2v) is 8.36. The van der Waals surface area contributed by atoms with Crippen LogP contribution in [0.2, 0.25) is 0 Å². The SMILES string of the molecule is O=C(O)c1ccc(-n2ncc(-c3ccc(Oc4ccccc4)cc3)c2Cc2ccccc2)cc1C(=O)O. The summed E-state index contributed by atoms with van der Waals surface area (Å²) in [6.45, 7) is 0. The normalized spacial score (nSPS) is 10.7. The molecule has 0 aliphatic heterocycles. The lowest BCUT2D eigenvalue weighted by Gasteiger charge is -2.12. The monoisotopic (exact) mass is 490 g/mol. The van der Waals surface area contributed by atoms with Crippen molar-refractivity contribution in [3.05, 3.63) is 132 Å². The minimum absolute atomic E-state index is 0.276. The lowest BCUT2D eigenvalue weighted by Crippen LogP contribution is -2.11. The van der Waals surface area contributed by atoms with Crippen molar-refractivity contribution in [2.24, 2.45) is 0 Å². The molecule has 5 aromatic rings. The number of hydrogen-bond acceptors (Lipinski definition) is 4. The molecule has 4 aromatic carbocycles. The first-order valence-electron chi connectivity index (χ1n) is 11.5. The quantitative estimate of drug-likeness (QED) is 0.264. The number of aromatic carboxylic acids is 2. The van der Waals surface area contributed by atoms with Crippen molar-refractivity contribution in [3.63, 3.8) is 0 Å². The van der Waals surface area contributed by atoms with E-state index in [1.807, 2.05) is 84.9 Å². The molecule has 0 saturated heterocycles. The van der Waals surface area contributed by atoms with Gasteiger partial charge in [0, 0.05) is 12.0 Å². The molecule has 0 atom stereocenters. The Morgan fingerprint density at radius 3 is 2.00 bits per heavy atom. The summed E-state index contributed by atoms with van der Waals surface area (Å²) in [6, 6.07) is 31.3. The van der Waals surface area contributed by atoms with Crippen LogP contribution in [0.3, 0.4) is 0 Å². The minimum Gasteiger partial charge on any atom is -0.478 e. The maximum atomic E-state index is 11.8. The molecule has 0 spiro atoms. The number of nitrogens with zero attached hydrogens (tertiary/aromatic N) is 2. The van der Waals surface area contributed by atoms with E-state index in [9.17, 15) is 19.8 Å². The van der Waals surface area contributed by atoms with Crippen molar-refractivity contribution in [1.82, 2.24) is 9.78 Å². The maximum Gasteiger partial charge on any atom is 0.336 e. The first-order chi connectivity index (χ1) is 18.0. The lowest BCUT2D eigenvalue weighted by atomic mass is 10.0. The predicted molar refractivity (Wildman–Crippen MR) is 139 cm³/mol. The average Bonchev–Trinajstić information content (AvgIpc) is 3.33. The summed E-state index contributed by atoms with van der Waals surface area (Å²) in [7, 11) is 0. The molecule has 5 rings (SSSR count). The molecule has 37 heavy (non-hydrogen) atoms. The summed E-state index contributed by atoms with van der Waals surface area (Å²) in [5.41, 5.74) is 3.56. The van der Waals surface area contributed by atoms with Crippen LogP contribution in [-0.2, 0) is 6.42 Å². The topological polar surface area (TPSA) is 102 Å². The number of ether oxygens (including phenoxy) is 1. The molecule has 7 nitrogen and oxygen atoms in total. The summed E-state index contributed by atoms with van der Waals surface area (Å²) in [5.74, 6) is -1.17. The summed E-state index contributed by atoms with van der Waals surface area (Å²) in [6.07, 6.45) is 2.26. The molecule has 0 aliphatic rings. The zero-order valence-corrected chi connectivity index (χ0v) is 19.6. The first-order valence-corrected chi connectivity index (χ1v) is 11.5. The van der Waals surface area contributed by atoms with E-state index in [0.29, 0.717) is 17.9 Å². The second kappa shape index (κ2) is 10.2. The number of rotatable bonds is 8. The zero-order chi connectivity index (χ0) is 25.8. The van der Waals surface area contributed by atoms with E-state index < -0.39 is 11.9 Å². The third-order valence-corrected chi connectivity index (χ3v) is 5.94. The van der Waals surface area contributed by atoms with Gasteiger partial charge < -0.3 is 14.9 Å². The van der Waals surface area contributed by atoms with E-state index in [-0.39, 0.29) is 11.1 Å². The van der Waals surface area contributed by atoms with Crippen molar-refractivity contribution in [3.8, 4) is 28.3 Å². The number of para-hydroxylation sites is 1. The highest BCUT2D eigenvalue weighted by Crippen LogP contribution is 2.31. The third kappa shape index (κ3) is 5.11. The van der Waals surface area contributed by atoms with Gasteiger partial charge in [0.05, 0.1) is 28.7 Å². The zero-order valence-electron chi connectivity index (χ0n) is 19.6. The average molecular weight is 491 g/mol. The van der Waals surface area contributed by atoms with Crippen LogP contribution in [0, 0.1) is 0 Å². The van der Waals surface area contributed by atoms with E-state index in [1.165, 1.54) is 12.1 Å². The van der Waals surface area contributed by atoms with Gasteiger partial charge in [0.15, 0.2) is 0 Å². The smallest absolute Gasteiger partial charge is 0.336 e. The molecule has 0 aliphatic carbocycles. The van der Waals surface area contributed by atoms with Crippen LogP contribution in [0.5, 0.6) is 11.5 Å². The van der Waals surface area contributed by atoms with Gasteiger partial charge in [0.25, 0.3) is 0 Å². The molecule has 182 valence electrons. The van der Waals surface area contributed by atoms with Crippen molar-refractivity contribution < 1.29 is 24.5 Å². The largest absolute Gasteiger partial charge is 0.478 e. The molecule has 2 N–H and O–H groups in total. The fraction of sp³-hybridized carbons (Fsp3) is 0.0333. The maximum absolute atomic E-state index is 11.8. The third-order valence-electron chi connectivity index (χ3n) is 5.94. The molecular weight excluding hydrogens is 468 g/mol. The molecule has 0 amide bonds. The molecule has 0 bridgehead atoms. The van der Waals surface area contributed by atoms with Gasteiger partial charge in [-0.3, -0.25) is 0 Å². The molecule has 1 aromatic heterocycles. The lowest BCUT2D eigenvalue weighted by molar-refractivity contribution is 0.0651. The summed E-state index contributed by atoms with van der Waals surface area (Å²) >= 11 is 0. The Bertz CT molecular complexity index is 1560. The van der Waals surface area contributed by atoms with Crippen LogP contribution in [0.1, 0.15) is 32.0 Å². The summed E-state index contributed by atoms with van der Waals surface area (Å²) in [4.78, 5) is 23.3. The van der Waals surface area contributed by atoms with E-state index in [0.717, 1.165) is 28.1 Å². The highest BCUT2D eigenvalue weighted by Gasteiger charge is 2.20. The van der Waals surface area contributed by atoms with Crippen molar-refractivity contribution >= 4 is 11.9 Å². The van der Waals surface area contributed by atoms with Gasteiger partial charge >= 0.3 is 11.9 Å². The number of carbonyl (C=O) groups is 2. The van der Waals surface area contributed by atoms with Crippen LogP contribution >= 0.6 is 0 Å². The summed E-state index contributed by atoms with van der Waals surface area (Å²) in [5, 5.41) is 23.6. The standard InChI is InChI=1S/C30H22N2O5/c33-29(34)25-16-13-22(18-26(25)30(35)36)32-28(17-20-7-3-1-4-8-20)27(19-31-32)21-11-14-24(15-12-21)37-23-9-5-2-6-10-23/h1-16,18-19H,17H2,(H,33,34)(H,35,36). The van der Waals surface area contributed by atoms with Crippen LogP contribution in [0.15, 0.2) is 109 Å². The highest BCUT2D eigenvalue weighted by molar-refractivity contribution is 6.02. The molecular formula is C30H22N2O5. The highest BCUT2D eigenvalue weighted by atomic mass is 16.5. The van der Waals surface area contributed by atoms with E-state index in [2.05, 4.69) is 5.10 Å². The Kier molecular flexibility index (Phi) is 6.50. The van der Waals surface area contributed by atoms with Crippen LogP contribution in [-0.4, -0.2) is 31.9 Å². The Hall–Kier alpha value is -5.17. The van der Waals surface area contributed by atoms with E-state index >= 15 is 0 Å². The van der Waals surface area contributed by atoms with Crippen molar-refractivity contribution in [1.29, 1.82) is 0 Å². The Labute approximate surface area is 212 Å². The van der Waals surface area contributed by atoms with E-state index in [1.54, 1.807) is 16.9 Å². The van der Waals surface area contributed by atoms with Crippen LogP contribution in [0.4, 0.5) is 0 Å². The number of carboxylic acid groups (broad SMARTS) is 2.